The van der Waals surface area contributed by atoms with Gasteiger partial charge in [-0.1, -0.05) is 18.2 Å². The molecule has 15 heteroatoms. The Hall–Kier alpha value is -5.16. The maximum absolute atomic E-state index is 11.7. The molecule has 0 bridgehead atoms. The highest BCUT2D eigenvalue weighted by Gasteiger charge is 2.51. The van der Waals surface area contributed by atoms with E-state index < -0.39 is 89.8 Å². The summed E-state index contributed by atoms with van der Waals surface area (Å²) < 4.78 is 24.9. The first-order valence-electron chi connectivity index (χ1n) is 16.0. The topological polar surface area (TPSA) is 259 Å². The predicted octanol–water partition coefficient (Wildman–Crippen LogP) is 2.14. The molecule has 3 heterocycles. The molecule has 0 radical (unpaired) electrons. The monoisotopic (exact) mass is 708 g/mol. The standard InChI is InChI=1S/C36H36O15/c1-13-29(45)30(46)31(47)36(48-13)51-35-28(26-22(42)9-17(38)10-25(26)49-33(35)14-2-5-16(37)6-3-14)27-23(43)12-20(40)18-11-24(44)32(50-34(18)27)15-4-7-19(39)21(41)8-15/h2-10,12-13,24,28-33,35-47H,11H2,1H3/t13-,24-,28-,29-,30+,31+,32+,33+,35-,36+/m0/s1. The normalized spacial score (nSPS) is 30.1. The molecular formula is C36H36O15. The van der Waals surface area contributed by atoms with Crippen LogP contribution >= 0.6 is 0 Å². The summed E-state index contributed by atoms with van der Waals surface area (Å²) in [5, 5.41) is 118. The van der Waals surface area contributed by atoms with Gasteiger partial charge in [-0.25, -0.2) is 0 Å². The van der Waals surface area contributed by atoms with Crippen LogP contribution in [-0.2, 0) is 15.9 Å². The predicted molar refractivity (Wildman–Crippen MR) is 173 cm³/mol. The summed E-state index contributed by atoms with van der Waals surface area (Å²) in [6, 6.07) is 12.8. The second-order valence-corrected chi connectivity index (χ2v) is 13.0. The molecule has 0 amide bonds. The first kappa shape index (κ1) is 34.3. The highest BCUT2D eigenvalue weighted by molar-refractivity contribution is 5.66. The van der Waals surface area contributed by atoms with Crippen molar-refractivity contribution in [2.24, 2.45) is 0 Å². The highest BCUT2D eigenvalue weighted by Crippen LogP contribution is 2.58. The van der Waals surface area contributed by atoms with E-state index in [1.54, 1.807) is 0 Å². The maximum Gasteiger partial charge on any atom is 0.187 e. The number of ether oxygens (including phenoxy) is 4. The molecule has 51 heavy (non-hydrogen) atoms. The van der Waals surface area contributed by atoms with Gasteiger partial charge in [-0.15, -0.1) is 0 Å². The summed E-state index contributed by atoms with van der Waals surface area (Å²) in [5.74, 6) is -4.47. The fourth-order valence-electron chi connectivity index (χ4n) is 7.06. The van der Waals surface area contributed by atoms with E-state index in [1.165, 1.54) is 55.5 Å². The van der Waals surface area contributed by atoms with Crippen LogP contribution in [0.1, 0.15) is 52.9 Å². The van der Waals surface area contributed by atoms with Gasteiger partial charge in [0.1, 0.15) is 70.8 Å². The summed E-state index contributed by atoms with van der Waals surface area (Å²) in [7, 11) is 0. The van der Waals surface area contributed by atoms with Crippen molar-refractivity contribution in [1.82, 2.24) is 0 Å². The second-order valence-electron chi connectivity index (χ2n) is 13.0. The van der Waals surface area contributed by atoms with Gasteiger partial charge in [0, 0.05) is 41.3 Å². The molecular weight excluding hydrogens is 672 g/mol. The first-order chi connectivity index (χ1) is 24.2. The average Bonchev–Trinajstić information content (AvgIpc) is 3.08. The summed E-state index contributed by atoms with van der Waals surface area (Å²) >= 11 is 0. The molecule has 4 aromatic carbocycles. The fourth-order valence-corrected chi connectivity index (χ4v) is 7.06. The van der Waals surface area contributed by atoms with Crippen molar-refractivity contribution in [3.8, 4) is 51.7 Å². The molecule has 0 unspecified atom stereocenters. The Morgan fingerprint density at radius 3 is 2.00 bits per heavy atom. The number of phenols is 7. The van der Waals surface area contributed by atoms with E-state index in [1.807, 2.05) is 0 Å². The van der Waals surface area contributed by atoms with Gasteiger partial charge in [0.25, 0.3) is 0 Å². The minimum absolute atomic E-state index is 0.0384. The Morgan fingerprint density at radius 2 is 1.29 bits per heavy atom. The largest absolute Gasteiger partial charge is 0.508 e. The number of rotatable bonds is 5. The van der Waals surface area contributed by atoms with Gasteiger partial charge >= 0.3 is 0 Å². The van der Waals surface area contributed by atoms with E-state index in [0.29, 0.717) is 5.56 Å². The lowest BCUT2D eigenvalue weighted by atomic mass is 9.77. The van der Waals surface area contributed by atoms with Crippen LogP contribution in [0.15, 0.2) is 60.7 Å². The average molecular weight is 709 g/mol. The number of benzene rings is 4. The van der Waals surface area contributed by atoms with E-state index in [9.17, 15) is 56.2 Å². The van der Waals surface area contributed by atoms with Crippen molar-refractivity contribution >= 4 is 0 Å². The molecule has 270 valence electrons. The minimum Gasteiger partial charge on any atom is -0.508 e. The third-order valence-electron chi connectivity index (χ3n) is 9.64. The van der Waals surface area contributed by atoms with Gasteiger partial charge in [-0.3, -0.25) is 0 Å². The van der Waals surface area contributed by atoms with Gasteiger partial charge in [-0.2, -0.15) is 0 Å². The number of hydrogen-bond acceptors (Lipinski definition) is 15. The SMILES string of the molecule is C[C@@H]1O[C@H](O[C@H]2[C@H](c3c(O)cc(O)c4c3O[C@H](c3ccc(O)c(O)c3)[C@@H](O)C4)c3c(O)cc(O)cc3O[C@@H]2c2ccc(O)cc2)[C@H](O)[C@H](O)[C@H]1O. The molecule has 11 N–H and O–H groups in total. The number of phenolic OH excluding ortho intramolecular Hbond substituents is 7. The molecule has 1 fully saturated rings. The molecule has 3 aliphatic rings. The van der Waals surface area contributed by atoms with E-state index in [4.69, 9.17) is 18.9 Å². The molecule has 15 nitrogen and oxygen atoms in total. The minimum atomic E-state index is -1.80. The van der Waals surface area contributed by atoms with Crippen molar-refractivity contribution in [3.05, 3.63) is 88.5 Å². The summed E-state index contributed by atoms with van der Waals surface area (Å²) in [5.41, 5.74) is 0.523. The number of fused-ring (bicyclic) bond motifs is 2. The van der Waals surface area contributed by atoms with Gasteiger partial charge in [0.2, 0.25) is 0 Å². The van der Waals surface area contributed by atoms with Crippen molar-refractivity contribution < 1.29 is 75.1 Å². The van der Waals surface area contributed by atoms with Crippen molar-refractivity contribution in [2.75, 3.05) is 0 Å². The van der Waals surface area contributed by atoms with Crippen molar-refractivity contribution in [1.29, 1.82) is 0 Å². The second kappa shape index (κ2) is 12.9. The van der Waals surface area contributed by atoms with Gasteiger partial charge in [-0.05, 0) is 42.3 Å². The molecule has 1 saturated heterocycles. The van der Waals surface area contributed by atoms with Crippen LogP contribution in [0.4, 0.5) is 0 Å². The summed E-state index contributed by atoms with van der Waals surface area (Å²) in [6.07, 6.45) is -13.0. The van der Waals surface area contributed by atoms with Gasteiger partial charge in [0.05, 0.1) is 18.1 Å². The first-order valence-corrected chi connectivity index (χ1v) is 16.0. The Balaban J connectivity index is 1.45. The molecule has 0 aromatic heterocycles. The molecule has 7 rings (SSSR count). The fraction of sp³-hybridized carbons (Fsp3) is 0.333. The number of aromatic hydroxyl groups is 7. The molecule has 0 saturated carbocycles. The van der Waals surface area contributed by atoms with E-state index >= 15 is 0 Å². The maximum atomic E-state index is 11.7. The van der Waals surface area contributed by atoms with Crippen LogP contribution in [0.25, 0.3) is 0 Å². The van der Waals surface area contributed by atoms with Crippen LogP contribution in [0.3, 0.4) is 0 Å². The van der Waals surface area contributed by atoms with Crippen LogP contribution in [0.5, 0.6) is 51.7 Å². The van der Waals surface area contributed by atoms with Gasteiger partial charge < -0.3 is 75.1 Å². The summed E-state index contributed by atoms with van der Waals surface area (Å²) in [6.45, 7) is 1.45. The highest BCUT2D eigenvalue weighted by atomic mass is 16.7. The van der Waals surface area contributed by atoms with Crippen LogP contribution < -0.4 is 9.47 Å². The Labute approximate surface area is 289 Å². The molecule has 0 aliphatic carbocycles. The van der Waals surface area contributed by atoms with Crippen molar-refractivity contribution in [2.45, 2.75) is 74.4 Å². The van der Waals surface area contributed by atoms with E-state index in [0.717, 1.165) is 12.1 Å². The number of aliphatic hydroxyl groups excluding tert-OH is 4. The number of hydrogen-bond donors (Lipinski definition) is 11. The zero-order valence-corrected chi connectivity index (χ0v) is 26.8. The smallest absolute Gasteiger partial charge is 0.187 e. The Bertz CT molecular complexity index is 1950. The summed E-state index contributed by atoms with van der Waals surface area (Å²) in [4.78, 5) is 0. The third-order valence-corrected chi connectivity index (χ3v) is 9.64. The number of aliphatic hydroxyl groups is 4. The van der Waals surface area contributed by atoms with E-state index in [-0.39, 0.29) is 51.7 Å². The third kappa shape index (κ3) is 5.93. The lowest BCUT2D eigenvalue weighted by molar-refractivity contribution is -0.312. The van der Waals surface area contributed by atoms with Crippen LogP contribution in [-0.4, -0.2) is 99.1 Å². The molecule has 0 spiro atoms. The van der Waals surface area contributed by atoms with Gasteiger partial charge in [0.15, 0.2) is 23.9 Å². The molecule has 3 aliphatic heterocycles. The Kier molecular flexibility index (Phi) is 8.65. The lowest BCUT2D eigenvalue weighted by Gasteiger charge is -2.45. The zero-order chi connectivity index (χ0) is 36.5. The Morgan fingerprint density at radius 1 is 0.608 bits per heavy atom. The molecule has 4 aromatic rings. The lowest BCUT2D eigenvalue weighted by Crippen LogP contribution is -2.58. The van der Waals surface area contributed by atoms with Crippen LogP contribution in [0, 0.1) is 0 Å². The quantitative estimate of drug-likeness (QED) is 0.133. The zero-order valence-electron chi connectivity index (χ0n) is 26.8. The van der Waals surface area contributed by atoms with Crippen molar-refractivity contribution in [3.63, 3.8) is 0 Å². The van der Waals surface area contributed by atoms with E-state index in [2.05, 4.69) is 0 Å². The molecule has 10 atom stereocenters. The van der Waals surface area contributed by atoms with Crippen LogP contribution in [0.2, 0.25) is 0 Å².